The van der Waals surface area contributed by atoms with Crippen LogP contribution in [0.25, 0.3) is 0 Å². The summed E-state index contributed by atoms with van der Waals surface area (Å²) in [7, 11) is 2.10. The maximum absolute atomic E-state index is 11.5. The third-order valence-electron chi connectivity index (χ3n) is 3.98. The van der Waals surface area contributed by atoms with Crippen LogP contribution in [0, 0.1) is 0 Å². The topological polar surface area (TPSA) is 65.6 Å². The molecule has 6 heteroatoms. The van der Waals surface area contributed by atoms with Crippen molar-refractivity contribution in [2.75, 3.05) is 33.2 Å². The number of ether oxygens (including phenoxy) is 1. The maximum Gasteiger partial charge on any atom is 0.407 e. The van der Waals surface area contributed by atoms with E-state index in [4.69, 9.17) is 4.74 Å². The molecule has 2 heterocycles. The number of hydrogen-bond acceptors (Lipinski definition) is 5. The van der Waals surface area contributed by atoms with Crippen LogP contribution in [0.2, 0.25) is 0 Å². The lowest BCUT2D eigenvalue weighted by Gasteiger charge is -2.30. The molecule has 2 unspecified atom stereocenters. The molecule has 2 fully saturated rings. The van der Waals surface area contributed by atoms with Crippen LogP contribution in [0.4, 0.5) is 4.79 Å². The van der Waals surface area contributed by atoms with Gasteiger partial charge in [-0.3, -0.25) is 0 Å². The molecule has 0 bridgehead atoms. The van der Waals surface area contributed by atoms with E-state index >= 15 is 0 Å². The summed E-state index contributed by atoms with van der Waals surface area (Å²) >= 11 is 0. The summed E-state index contributed by atoms with van der Waals surface area (Å²) in [5.41, 5.74) is -0.407. The van der Waals surface area contributed by atoms with Gasteiger partial charge in [-0.1, -0.05) is 0 Å². The Kier molecular flexibility index (Phi) is 8.29. The van der Waals surface area contributed by atoms with E-state index in [2.05, 4.69) is 41.7 Å². The van der Waals surface area contributed by atoms with Crippen LogP contribution < -0.4 is 16.0 Å². The van der Waals surface area contributed by atoms with Crippen molar-refractivity contribution >= 4 is 6.09 Å². The summed E-state index contributed by atoms with van der Waals surface area (Å²) in [5, 5.41) is 9.65. The van der Waals surface area contributed by atoms with Gasteiger partial charge in [-0.2, -0.15) is 0 Å². The zero-order valence-corrected chi connectivity index (χ0v) is 15.7. The predicted octanol–water partition coefficient (Wildman–Crippen LogP) is 1.56. The van der Waals surface area contributed by atoms with Gasteiger partial charge >= 0.3 is 6.09 Å². The highest BCUT2D eigenvalue weighted by Gasteiger charge is 2.22. The minimum Gasteiger partial charge on any atom is -0.444 e. The van der Waals surface area contributed by atoms with Gasteiger partial charge in [0.05, 0.1) is 0 Å². The standard InChI is InChI=1S/C11H22N2O2.C6H14N2/c1-11(2,3)15-10(14)12-9-5-7-13(4)8-6-9;1-5-3-8-6(2)4-7-5/h9H,5-8H2,1-4H3,(H,12,14);5-8H,3-4H2,1-2H3. The highest BCUT2D eigenvalue weighted by molar-refractivity contribution is 5.68. The van der Waals surface area contributed by atoms with Crippen LogP contribution in [0.15, 0.2) is 0 Å². The molecule has 3 N–H and O–H groups in total. The lowest BCUT2D eigenvalue weighted by molar-refractivity contribution is 0.0483. The first-order valence-electron chi connectivity index (χ1n) is 8.80. The number of nitrogens with one attached hydrogen (secondary N) is 3. The number of rotatable bonds is 1. The Hall–Kier alpha value is -0.850. The van der Waals surface area contributed by atoms with Crippen LogP contribution in [0.1, 0.15) is 47.5 Å². The van der Waals surface area contributed by atoms with Gasteiger partial charge in [0.15, 0.2) is 0 Å². The summed E-state index contributed by atoms with van der Waals surface area (Å²) in [6.07, 6.45) is 1.72. The molecule has 0 aromatic carbocycles. The average molecular weight is 329 g/mol. The van der Waals surface area contributed by atoms with Crippen molar-refractivity contribution in [1.29, 1.82) is 0 Å². The second kappa shape index (κ2) is 9.45. The molecule has 136 valence electrons. The minimum absolute atomic E-state index is 0.274. The van der Waals surface area contributed by atoms with Gasteiger partial charge in [-0.15, -0.1) is 0 Å². The first-order chi connectivity index (χ1) is 10.7. The smallest absolute Gasteiger partial charge is 0.407 e. The molecule has 0 aromatic rings. The quantitative estimate of drug-likeness (QED) is 0.682. The lowest BCUT2D eigenvalue weighted by Crippen LogP contribution is -2.51. The van der Waals surface area contributed by atoms with E-state index in [0.717, 1.165) is 39.0 Å². The number of likely N-dealkylation sites (tertiary alicyclic amines) is 1. The van der Waals surface area contributed by atoms with Gasteiger partial charge in [0.2, 0.25) is 0 Å². The van der Waals surface area contributed by atoms with E-state index in [1.807, 2.05) is 20.8 Å². The van der Waals surface area contributed by atoms with Crippen molar-refractivity contribution in [3.05, 3.63) is 0 Å². The van der Waals surface area contributed by atoms with Crippen LogP contribution in [0.5, 0.6) is 0 Å². The lowest BCUT2D eigenvalue weighted by atomic mass is 10.1. The van der Waals surface area contributed by atoms with Crippen molar-refractivity contribution in [3.8, 4) is 0 Å². The van der Waals surface area contributed by atoms with Gasteiger partial charge < -0.3 is 25.6 Å². The molecule has 0 saturated carbocycles. The molecular weight excluding hydrogens is 292 g/mol. The molecule has 0 aliphatic carbocycles. The maximum atomic E-state index is 11.5. The molecule has 2 atom stereocenters. The summed E-state index contributed by atoms with van der Waals surface area (Å²) < 4.78 is 5.20. The first kappa shape index (κ1) is 20.2. The molecule has 6 nitrogen and oxygen atoms in total. The highest BCUT2D eigenvalue weighted by Crippen LogP contribution is 2.11. The Bertz CT molecular complexity index is 331. The second-order valence-corrected chi connectivity index (χ2v) is 7.84. The molecule has 2 aliphatic heterocycles. The zero-order valence-electron chi connectivity index (χ0n) is 15.7. The number of carbonyl (C=O) groups excluding carboxylic acids is 1. The minimum atomic E-state index is -0.407. The number of piperazine rings is 1. The first-order valence-corrected chi connectivity index (χ1v) is 8.80. The third-order valence-corrected chi connectivity index (χ3v) is 3.98. The van der Waals surface area contributed by atoms with Gasteiger partial charge in [0, 0.05) is 31.2 Å². The van der Waals surface area contributed by atoms with E-state index in [0.29, 0.717) is 12.1 Å². The predicted molar refractivity (Wildman–Crippen MR) is 94.8 cm³/mol. The second-order valence-electron chi connectivity index (χ2n) is 7.84. The zero-order chi connectivity index (χ0) is 17.5. The Labute approximate surface area is 141 Å². The number of alkyl carbamates (subject to hydrolysis) is 1. The number of carbonyl (C=O) groups is 1. The van der Waals surface area contributed by atoms with Crippen LogP contribution in [0.3, 0.4) is 0 Å². The van der Waals surface area contributed by atoms with Crippen molar-refractivity contribution in [3.63, 3.8) is 0 Å². The molecule has 2 rings (SSSR count). The largest absolute Gasteiger partial charge is 0.444 e. The molecule has 0 spiro atoms. The highest BCUT2D eigenvalue weighted by atomic mass is 16.6. The van der Waals surface area contributed by atoms with Crippen molar-refractivity contribution in [1.82, 2.24) is 20.9 Å². The Balaban J connectivity index is 0.000000277. The summed E-state index contributed by atoms with van der Waals surface area (Å²) in [6, 6.07) is 1.59. The van der Waals surface area contributed by atoms with Gasteiger partial charge in [0.1, 0.15) is 5.60 Å². The third kappa shape index (κ3) is 9.79. The normalized spacial score (nSPS) is 26.9. The molecular formula is C17H36N4O2. The Morgan fingerprint density at radius 2 is 1.57 bits per heavy atom. The molecule has 0 radical (unpaired) electrons. The van der Waals surface area contributed by atoms with Gasteiger partial charge in [-0.25, -0.2) is 4.79 Å². The van der Waals surface area contributed by atoms with Crippen LogP contribution in [-0.2, 0) is 4.74 Å². The van der Waals surface area contributed by atoms with Gasteiger partial charge in [0.25, 0.3) is 0 Å². The fourth-order valence-electron chi connectivity index (χ4n) is 2.53. The van der Waals surface area contributed by atoms with Crippen molar-refractivity contribution in [2.45, 2.75) is 71.2 Å². The van der Waals surface area contributed by atoms with E-state index in [1.54, 1.807) is 0 Å². The molecule has 1 amide bonds. The van der Waals surface area contributed by atoms with E-state index in [-0.39, 0.29) is 12.1 Å². The molecule has 0 aromatic heterocycles. The molecule has 2 saturated heterocycles. The van der Waals surface area contributed by atoms with Crippen molar-refractivity contribution < 1.29 is 9.53 Å². The fourth-order valence-corrected chi connectivity index (χ4v) is 2.53. The molecule has 23 heavy (non-hydrogen) atoms. The fraction of sp³-hybridized carbons (Fsp3) is 0.941. The Morgan fingerprint density at radius 1 is 1.09 bits per heavy atom. The van der Waals surface area contributed by atoms with Gasteiger partial charge in [-0.05, 0) is 67.6 Å². The number of amides is 1. The summed E-state index contributed by atoms with van der Waals surface area (Å²) in [5.74, 6) is 0. The van der Waals surface area contributed by atoms with E-state index < -0.39 is 5.60 Å². The van der Waals surface area contributed by atoms with Crippen molar-refractivity contribution in [2.24, 2.45) is 0 Å². The van der Waals surface area contributed by atoms with E-state index in [9.17, 15) is 4.79 Å². The molecule has 2 aliphatic rings. The van der Waals surface area contributed by atoms with E-state index in [1.165, 1.54) is 0 Å². The van der Waals surface area contributed by atoms with Crippen LogP contribution >= 0.6 is 0 Å². The number of hydrogen-bond donors (Lipinski definition) is 3. The average Bonchev–Trinajstić information content (AvgIpc) is 2.43. The SMILES string of the molecule is CC1CNC(C)CN1.CN1CCC(NC(=O)OC(C)(C)C)CC1. The summed E-state index contributed by atoms with van der Waals surface area (Å²) in [4.78, 5) is 13.7. The number of nitrogens with zero attached hydrogens (tertiary/aromatic N) is 1. The Morgan fingerprint density at radius 3 is 1.96 bits per heavy atom. The van der Waals surface area contributed by atoms with Crippen LogP contribution in [-0.4, -0.2) is 67.9 Å². The monoisotopic (exact) mass is 328 g/mol. The number of piperidine rings is 1. The summed E-state index contributed by atoms with van der Waals surface area (Å²) in [6.45, 7) is 14.3.